The van der Waals surface area contributed by atoms with Crippen molar-refractivity contribution in [3.63, 3.8) is 0 Å². The van der Waals surface area contributed by atoms with Gasteiger partial charge in [0.1, 0.15) is 0 Å². The van der Waals surface area contributed by atoms with Crippen LogP contribution >= 0.6 is 0 Å². The Morgan fingerprint density at radius 1 is 1.46 bits per heavy atom. The van der Waals surface area contributed by atoms with Crippen molar-refractivity contribution in [3.05, 3.63) is 0 Å². The number of nitrogens with two attached hydrogens (primary N) is 1. The minimum atomic E-state index is -3.43. The molecule has 1 fully saturated rings. The highest BCUT2D eigenvalue weighted by Gasteiger charge is 2.40. The zero-order chi connectivity index (χ0) is 9.90. The van der Waals surface area contributed by atoms with Gasteiger partial charge in [0.15, 0.2) is 0 Å². The highest BCUT2D eigenvalue weighted by molar-refractivity contribution is 5.83. The summed E-state index contributed by atoms with van der Waals surface area (Å²) in [5, 5.41) is 0. The molecular weight excluding hydrogens is 182 g/mol. The van der Waals surface area contributed by atoms with Crippen LogP contribution in [-0.4, -0.2) is 49.6 Å². The largest absolute Gasteiger partial charge is 0.378 e. The Kier molecular flexibility index (Phi) is 3.16. The second-order valence-electron chi connectivity index (χ2n) is 2.81. The molecule has 4 nitrogen and oxygen atoms in total. The van der Waals surface area contributed by atoms with E-state index in [0.717, 1.165) is 4.90 Å². The molecule has 6 heteroatoms. The van der Waals surface area contributed by atoms with E-state index in [1.165, 1.54) is 0 Å². The Morgan fingerprint density at radius 2 is 2.00 bits per heavy atom. The quantitative estimate of drug-likeness (QED) is 0.641. The Bertz CT molecular complexity index is 193. The molecule has 0 saturated carbocycles. The number of morpholine rings is 1. The summed E-state index contributed by atoms with van der Waals surface area (Å²) in [5.41, 5.74) is 4.79. The molecule has 0 spiro atoms. The monoisotopic (exact) mass is 194 g/mol. The maximum atomic E-state index is 12.8. The minimum absolute atomic E-state index is 0.217. The normalized spacial score (nSPS) is 18.8. The first-order valence-electron chi connectivity index (χ1n) is 4.03. The van der Waals surface area contributed by atoms with Crippen LogP contribution in [0.2, 0.25) is 0 Å². The summed E-state index contributed by atoms with van der Waals surface area (Å²) in [6, 6.07) is 0. The molecule has 2 N–H and O–H groups in total. The van der Waals surface area contributed by atoms with E-state index in [1.54, 1.807) is 0 Å². The van der Waals surface area contributed by atoms with Crippen molar-refractivity contribution in [1.29, 1.82) is 0 Å². The van der Waals surface area contributed by atoms with E-state index in [9.17, 15) is 13.6 Å². The number of carbonyl (C=O) groups excluding carboxylic acids is 1. The molecule has 0 unspecified atom stereocenters. The summed E-state index contributed by atoms with van der Waals surface area (Å²) in [5.74, 6) is -4.63. The maximum absolute atomic E-state index is 12.8. The number of nitrogens with zero attached hydrogens (tertiary/aromatic N) is 1. The van der Waals surface area contributed by atoms with Gasteiger partial charge in [-0.25, -0.2) is 0 Å². The van der Waals surface area contributed by atoms with E-state index >= 15 is 0 Å². The van der Waals surface area contributed by atoms with Crippen LogP contribution in [0.25, 0.3) is 0 Å². The summed E-state index contributed by atoms with van der Waals surface area (Å²) in [6.45, 7) is 0.116. The van der Waals surface area contributed by atoms with E-state index in [4.69, 9.17) is 10.5 Å². The van der Waals surface area contributed by atoms with E-state index in [0.29, 0.717) is 13.2 Å². The summed E-state index contributed by atoms with van der Waals surface area (Å²) >= 11 is 0. The van der Waals surface area contributed by atoms with Gasteiger partial charge in [-0.2, -0.15) is 8.78 Å². The third-order valence-electron chi connectivity index (χ3n) is 1.87. The Balaban J connectivity index is 2.55. The predicted octanol–water partition coefficient (Wildman–Crippen LogP) is -0.561. The third kappa shape index (κ3) is 2.35. The van der Waals surface area contributed by atoms with E-state index in [2.05, 4.69) is 0 Å². The lowest BCUT2D eigenvalue weighted by Gasteiger charge is -2.29. The molecule has 1 amide bonds. The van der Waals surface area contributed by atoms with Crippen LogP contribution in [0.4, 0.5) is 8.78 Å². The zero-order valence-electron chi connectivity index (χ0n) is 7.13. The van der Waals surface area contributed by atoms with Gasteiger partial charge in [0.25, 0.3) is 5.91 Å². The number of ether oxygens (including phenoxy) is 1. The van der Waals surface area contributed by atoms with Gasteiger partial charge >= 0.3 is 5.92 Å². The van der Waals surface area contributed by atoms with Crippen LogP contribution < -0.4 is 5.73 Å². The summed E-state index contributed by atoms with van der Waals surface area (Å²) in [4.78, 5) is 12.2. The number of hydrogen-bond acceptors (Lipinski definition) is 3. The van der Waals surface area contributed by atoms with Crippen molar-refractivity contribution in [1.82, 2.24) is 4.90 Å². The molecular formula is C7H12F2N2O2. The van der Waals surface area contributed by atoms with Gasteiger partial charge < -0.3 is 15.4 Å². The van der Waals surface area contributed by atoms with Gasteiger partial charge in [0.2, 0.25) is 0 Å². The maximum Gasteiger partial charge on any atom is 0.336 e. The SMILES string of the molecule is NCC(F)(F)C(=O)N1CCOCC1. The van der Waals surface area contributed by atoms with E-state index < -0.39 is 18.4 Å². The fourth-order valence-corrected chi connectivity index (χ4v) is 1.09. The van der Waals surface area contributed by atoms with Crippen LogP contribution in [0.5, 0.6) is 0 Å². The smallest absolute Gasteiger partial charge is 0.336 e. The lowest BCUT2D eigenvalue weighted by Crippen LogP contribution is -2.51. The first-order chi connectivity index (χ1) is 6.08. The Labute approximate surface area is 74.6 Å². The fraction of sp³-hybridized carbons (Fsp3) is 0.857. The highest BCUT2D eigenvalue weighted by atomic mass is 19.3. The molecule has 0 radical (unpaired) electrons. The van der Waals surface area contributed by atoms with Crippen molar-refractivity contribution < 1.29 is 18.3 Å². The van der Waals surface area contributed by atoms with E-state index in [-0.39, 0.29) is 13.1 Å². The predicted molar refractivity (Wildman–Crippen MR) is 41.4 cm³/mol. The van der Waals surface area contributed by atoms with Gasteiger partial charge in [-0.05, 0) is 0 Å². The minimum Gasteiger partial charge on any atom is -0.378 e. The van der Waals surface area contributed by atoms with Gasteiger partial charge in [-0.3, -0.25) is 4.79 Å². The van der Waals surface area contributed by atoms with Crippen LogP contribution in [-0.2, 0) is 9.53 Å². The summed E-state index contributed by atoms with van der Waals surface area (Å²) in [7, 11) is 0. The van der Waals surface area contributed by atoms with Gasteiger partial charge in [-0.1, -0.05) is 0 Å². The van der Waals surface area contributed by atoms with Crippen molar-refractivity contribution in [3.8, 4) is 0 Å². The zero-order valence-corrected chi connectivity index (χ0v) is 7.13. The first-order valence-corrected chi connectivity index (χ1v) is 4.03. The summed E-state index contributed by atoms with van der Waals surface area (Å²) < 4.78 is 30.5. The van der Waals surface area contributed by atoms with Crippen molar-refractivity contribution in [2.75, 3.05) is 32.8 Å². The molecule has 1 aliphatic heterocycles. The molecule has 1 heterocycles. The number of amides is 1. The van der Waals surface area contributed by atoms with Crippen molar-refractivity contribution >= 4 is 5.91 Å². The molecule has 76 valence electrons. The van der Waals surface area contributed by atoms with Gasteiger partial charge in [0, 0.05) is 13.1 Å². The average molecular weight is 194 g/mol. The molecule has 1 rings (SSSR count). The molecule has 1 aliphatic rings. The van der Waals surface area contributed by atoms with Crippen molar-refractivity contribution in [2.24, 2.45) is 5.73 Å². The lowest BCUT2D eigenvalue weighted by molar-refractivity contribution is -0.159. The number of carbonyl (C=O) groups is 1. The highest BCUT2D eigenvalue weighted by Crippen LogP contribution is 2.16. The standard InChI is InChI=1S/C7H12F2N2O2/c8-7(9,5-10)6(12)11-1-3-13-4-2-11/h1-5,10H2. The van der Waals surface area contributed by atoms with Crippen molar-refractivity contribution in [2.45, 2.75) is 5.92 Å². The topological polar surface area (TPSA) is 55.6 Å². The molecule has 1 saturated heterocycles. The van der Waals surface area contributed by atoms with Gasteiger partial charge in [-0.15, -0.1) is 0 Å². The van der Waals surface area contributed by atoms with Crippen LogP contribution in [0.3, 0.4) is 0 Å². The van der Waals surface area contributed by atoms with Gasteiger partial charge in [0.05, 0.1) is 19.8 Å². The number of alkyl halides is 2. The lowest BCUT2D eigenvalue weighted by atomic mass is 10.2. The average Bonchev–Trinajstić information content (AvgIpc) is 2.18. The van der Waals surface area contributed by atoms with Crippen LogP contribution in [0.1, 0.15) is 0 Å². The van der Waals surface area contributed by atoms with Crippen LogP contribution in [0.15, 0.2) is 0 Å². The number of hydrogen-bond donors (Lipinski definition) is 1. The molecule has 0 bridgehead atoms. The third-order valence-corrected chi connectivity index (χ3v) is 1.87. The Morgan fingerprint density at radius 3 is 2.46 bits per heavy atom. The molecule has 0 aliphatic carbocycles. The molecule has 0 aromatic heterocycles. The molecule has 0 atom stereocenters. The number of halogens is 2. The first kappa shape index (κ1) is 10.3. The molecule has 0 aromatic rings. The second kappa shape index (κ2) is 3.97. The van der Waals surface area contributed by atoms with E-state index in [1.807, 2.05) is 0 Å². The second-order valence-corrected chi connectivity index (χ2v) is 2.81. The number of rotatable bonds is 2. The molecule has 13 heavy (non-hydrogen) atoms. The Hall–Kier alpha value is -0.750. The molecule has 0 aromatic carbocycles. The van der Waals surface area contributed by atoms with Crippen LogP contribution in [0, 0.1) is 0 Å². The summed E-state index contributed by atoms with van der Waals surface area (Å²) in [6.07, 6.45) is 0. The fourth-order valence-electron chi connectivity index (χ4n) is 1.09.